The van der Waals surface area contributed by atoms with Gasteiger partial charge in [0.05, 0.1) is 12.8 Å². The molecule has 2 aromatic heterocycles. The molecule has 148 valence electrons. The van der Waals surface area contributed by atoms with E-state index in [-0.39, 0.29) is 12.1 Å². The molecule has 0 saturated carbocycles. The smallest absolute Gasteiger partial charge is 0.262 e. The van der Waals surface area contributed by atoms with Crippen molar-refractivity contribution in [3.63, 3.8) is 0 Å². The molecule has 0 saturated heterocycles. The average Bonchev–Trinajstić information content (AvgIpc) is 3.39. The van der Waals surface area contributed by atoms with E-state index in [1.165, 1.54) is 5.56 Å². The van der Waals surface area contributed by atoms with Crippen molar-refractivity contribution in [2.24, 2.45) is 0 Å². The van der Waals surface area contributed by atoms with E-state index < -0.39 is 5.91 Å². The van der Waals surface area contributed by atoms with Crippen molar-refractivity contribution in [3.8, 4) is 6.07 Å². The summed E-state index contributed by atoms with van der Waals surface area (Å²) in [5, 5.41) is 13.4. The van der Waals surface area contributed by atoms with Gasteiger partial charge in [0.2, 0.25) is 0 Å². The van der Waals surface area contributed by atoms with Gasteiger partial charge in [0.25, 0.3) is 5.91 Å². The van der Waals surface area contributed by atoms with E-state index in [1.54, 1.807) is 24.5 Å². The van der Waals surface area contributed by atoms with Crippen molar-refractivity contribution in [1.29, 1.82) is 5.26 Å². The quantitative estimate of drug-likeness (QED) is 0.376. The maximum atomic E-state index is 12.6. The molecule has 4 rings (SSSR count). The van der Waals surface area contributed by atoms with Gasteiger partial charge in [-0.05, 0) is 36.8 Å². The van der Waals surface area contributed by atoms with Gasteiger partial charge in [-0.15, -0.1) is 0 Å². The molecule has 0 atom stereocenters. The Hall–Kier alpha value is -4.04. The molecular weight excluding hydrogens is 374 g/mol. The van der Waals surface area contributed by atoms with Gasteiger partial charge < -0.3 is 14.3 Å². The number of furan rings is 1. The number of benzene rings is 2. The molecule has 0 radical (unpaired) electrons. The summed E-state index contributed by atoms with van der Waals surface area (Å²) in [6, 6.07) is 23.8. The highest BCUT2D eigenvalue weighted by Crippen LogP contribution is 2.28. The van der Waals surface area contributed by atoms with Crippen LogP contribution < -0.4 is 5.32 Å². The lowest BCUT2D eigenvalue weighted by atomic mass is 10.1. The van der Waals surface area contributed by atoms with E-state index in [1.807, 2.05) is 49.4 Å². The molecule has 0 spiro atoms. The van der Waals surface area contributed by atoms with E-state index in [2.05, 4.69) is 28.1 Å². The normalized spacial score (nSPS) is 11.4. The lowest BCUT2D eigenvalue weighted by molar-refractivity contribution is -0.117. The van der Waals surface area contributed by atoms with Crippen molar-refractivity contribution in [2.45, 2.75) is 20.0 Å². The van der Waals surface area contributed by atoms with Crippen LogP contribution in [0.25, 0.3) is 17.0 Å². The van der Waals surface area contributed by atoms with Gasteiger partial charge in [0, 0.05) is 28.7 Å². The third kappa shape index (κ3) is 3.89. The highest BCUT2D eigenvalue weighted by Gasteiger charge is 2.16. The summed E-state index contributed by atoms with van der Waals surface area (Å²) >= 11 is 0. The predicted molar refractivity (Wildman–Crippen MR) is 116 cm³/mol. The second-order valence-electron chi connectivity index (χ2n) is 7.02. The Labute approximate surface area is 174 Å². The van der Waals surface area contributed by atoms with Crippen LogP contribution in [0, 0.1) is 18.3 Å². The number of fused-ring (bicyclic) bond motifs is 1. The Bertz CT molecular complexity index is 1240. The largest absolute Gasteiger partial charge is 0.467 e. The van der Waals surface area contributed by atoms with Crippen LogP contribution in [0.15, 0.2) is 83.0 Å². The van der Waals surface area contributed by atoms with Crippen molar-refractivity contribution in [2.75, 3.05) is 0 Å². The van der Waals surface area contributed by atoms with Crippen molar-refractivity contribution >= 4 is 22.9 Å². The Morgan fingerprint density at radius 1 is 1.10 bits per heavy atom. The number of aromatic nitrogens is 1. The first-order valence-electron chi connectivity index (χ1n) is 9.71. The maximum Gasteiger partial charge on any atom is 0.262 e. The van der Waals surface area contributed by atoms with Crippen molar-refractivity contribution in [3.05, 3.63) is 101 Å². The van der Waals surface area contributed by atoms with Crippen LogP contribution in [0.5, 0.6) is 0 Å². The van der Waals surface area contributed by atoms with Gasteiger partial charge >= 0.3 is 0 Å². The van der Waals surface area contributed by atoms with Gasteiger partial charge in [-0.1, -0.05) is 48.5 Å². The summed E-state index contributed by atoms with van der Waals surface area (Å²) < 4.78 is 7.45. The maximum absolute atomic E-state index is 12.6. The first-order valence-corrected chi connectivity index (χ1v) is 9.71. The van der Waals surface area contributed by atoms with E-state index in [4.69, 9.17) is 4.42 Å². The monoisotopic (exact) mass is 395 g/mol. The zero-order valence-electron chi connectivity index (χ0n) is 16.6. The summed E-state index contributed by atoms with van der Waals surface area (Å²) in [5.74, 6) is 0.212. The summed E-state index contributed by atoms with van der Waals surface area (Å²) in [5.41, 5.74) is 4.21. The number of carbonyl (C=O) groups is 1. The van der Waals surface area contributed by atoms with Gasteiger partial charge in [0.1, 0.15) is 17.4 Å². The first-order chi connectivity index (χ1) is 14.7. The molecule has 5 heteroatoms. The van der Waals surface area contributed by atoms with E-state index in [0.29, 0.717) is 12.3 Å². The van der Waals surface area contributed by atoms with E-state index >= 15 is 0 Å². The van der Waals surface area contributed by atoms with Crippen LogP contribution in [0.4, 0.5) is 0 Å². The minimum absolute atomic E-state index is 0.0623. The number of carbonyl (C=O) groups excluding carboxylic acids is 1. The molecule has 1 amide bonds. The second-order valence-corrected chi connectivity index (χ2v) is 7.02. The molecule has 30 heavy (non-hydrogen) atoms. The highest BCUT2D eigenvalue weighted by molar-refractivity contribution is 6.04. The molecule has 0 aliphatic rings. The van der Waals surface area contributed by atoms with Gasteiger partial charge in [-0.3, -0.25) is 4.79 Å². The Morgan fingerprint density at radius 2 is 1.87 bits per heavy atom. The number of nitrogens with one attached hydrogen (secondary N) is 1. The van der Waals surface area contributed by atoms with Crippen LogP contribution in [0.2, 0.25) is 0 Å². The predicted octanol–water partition coefficient (Wildman–Crippen LogP) is 4.81. The molecule has 0 unspecified atom stereocenters. The number of para-hydroxylation sites is 1. The Morgan fingerprint density at radius 3 is 2.60 bits per heavy atom. The van der Waals surface area contributed by atoms with Gasteiger partial charge in [0.15, 0.2) is 0 Å². The van der Waals surface area contributed by atoms with Crippen molar-refractivity contribution in [1.82, 2.24) is 9.88 Å². The molecule has 4 aromatic rings. The third-order valence-electron chi connectivity index (χ3n) is 5.12. The van der Waals surface area contributed by atoms with Crippen LogP contribution in [-0.4, -0.2) is 10.5 Å². The molecule has 2 heterocycles. The van der Waals surface area contributed by atoms with Gasteiger partial charge in [-0.25, -0.2) is 0 Å². The van der Waals surface area contributed by atoms with Crippen molar-refractivity contribution < 1.29 is 9.21 Å². The van der Waals surface area contributed by atoms with Crippen LogP contribution in [-0.2, 0) is 17.9 Å². The lowest BCUT2D eigenvalue weighted by Crippen LogP contribution is -2.23. The molecule has 5 nitrogen and oxygen atoms in total. The van der Waals surface area contributed by atoms with Crippen LogP contribution >= 0.6 is 0 Å². The molecule has 0 fully saturated rings. The summed E-state index contributed by atoms with van der Waals surface area (Å²) in [4.78, 5) is 12.6. The number of nitriles is 1. The number of hydrogen-bond donors (Lipinski definition) is 1. The highest BCUT2D eigenvalue weighted by atomic mass is 16.3. The third-order valence-corrected chi connectivity index (χ3v) is 5.12. The fourth-order valence-electron chi connectivity index (χ4n) is 3.58. The summed E-state index contributed by atoms with van der Waals surface area (Å²) in [7, 11) is 0. The SMILES string of the molecule is Cc1c(/C=C(/C#N)C(=O)NCc2ccco2)c2ccccc2n1Cc1ccccc1. The minimum atomic E-state index is -0.423. The molecule has 0 aliphatic heterocycles. The van der Waals surface area contributed by atoms with E-state index in [0.717, 1.165) is 22.2 Å². The molecular formula is C25H21N3O2. The van der Waals surface area contributed by atoms with Crippen LogP contribution in [0.3, 0.4) is 0 Å². The molecule has 0 aliphatic carbocycles. The average molecular weight is 395 g/mol. The topological polar surface area (TPSA) is 71.0 Å². The Kier molecular flexibility index (Phi) is 5.49. The summed E-state index contributed by atoms with van der Waals surface area (Å²) in [6.45, 7) is 2.97. The number of amides is 1. The molecule has 2 aromatic carbocycles. The van der Waals surface area contributed by atoms with Crippen LogP contribution in [0.1, 0.15) is 22.6 Å². The minimum Gasteiger partial charge on any atom is -0.467 e. The zero-order chi connectivity index (χ0) is 20.9. The fourth-order valence-corrected chi connectivity index (χ4v) is 3.58. The number of nitrogens with zero attached hydrogens (tertiary/aromatic N) is 2. The molecule has 0 bridgehead atoms. The second kappa shape index (κ2) is 8.54. The van der Waals surface area contributed by atoms with E-state index in [9.17, 15) is 10.1 Å². The zero-order valence-corrected chi connectivity index (χ0v) is 16.6. The number of hydrogen-bond acceptors (Lipinski definition) is 3. The molecule has 1 N–H and O–H groups in total. The number of rotatable bonds is 6. The summed E-state index contributed by atoms with van der Waals surface area (Å²) in [6.07, 6.45) is 3.23. The fraction of sp³-hybridized carbons (Fsp3) is 0.120. The lowest BCUT2D eigenvalue weighted by Gasteiger charge is -2.08. The standard InChI is InChI=1S/C25H21N3O2/c1-18-23(14-20(15-26)25(29)27-16-21-10-7-13-30-21)22-11-5-6-12-24(22)28(18)17-19-8-3-2-4-9-19/h2-14H,16-17H2,1H3,(H,27,29)/b20-14-. The van der Waals surface area contributed by atoms with Gasteiger partial charge in [-0.2, -0.15) is 5.26 Å². The Balaban J connectivity index is 1.69. The first kappa shape index (κ1) is 19.3.